The van der Waals surface area contributed by atoms with Crippen molar-refractivity contribution in [1.29, 1.82) is 0 Å². The fourth-order valence-electron chi connectivity index (χ4n) is 1.49. The molecule has 0 bridgehead atoms. The Bertz CT molecular complexity index is 600. The van der Waals surface area contributed by atoms with Crippen LogP contribution >= 0.6 is 15.9 Å². The van der Waals surface area contributed by atoms with Crippen LogP contribution in [0.1, 0.15) is 18.7 Å². The first-order chi connectivity index (χ1) is 9.06. The van der Waals surface area contributed by atoms with E-state index in [9.17, 15) is 9.18 Å². The van der Waals surface area contributed by atoms with Crippen LogP contribution in [0.25, 0.3) is 11.5 Å². The van der Waals surface area contributed by atoms with Crippen LogP contribution in [0.5, 0.6) is 0 Å². The lowest BCUT2D eigenvalue weighted by Gasteiger charge is -1.97. The van der Waals surface area contributed by atoms with Crippen molar-refractivity contribution in [2.45, 2.75) is 19.3 Å². The first-order valence-corrected chi connectivity index (χ1v) is 6.35. The van der Waals surface area contributed by atoms with Crippen molar-refractivity contribution in [2.24, 2.45) is 0 Å². The normalized spacial score (nSPS) is 10.6. The molecule has 0 aliphatic rings. The number of hydrogen-bond donors (Lipinski definition) is 1. The lowest BCUT2D eigenvalue weighted by atomic mass is 10.2. The average Bonchev–Trinajstić information content (AvgIpc) is 2.81. The molecule has 7 heteroatoms. The summed E-state index contributed by atoms with van der Waals surface area (Å²) in [4.78, 5) is 10.4. The Morgan fingerprint density at radius 3 is 2.89 bits per heavy atom. The Morgan fingerprint density at radius 1 is 1.42 bits per heavy atom. The first-order valence-electron chi connectivity index (χ1n) is 5.56. The maximum absolute atomic E-state index is 13.4. The summed E-state index contributed by atoms with van der Waals surface area (Å²) >= 11 is 3.06. The molecular weight excluding hydrogens is 319 g/mol. The summed E-state index contributed by atoms with van der Waals surface area (Å²) < 4.78 is 19.1. The van der Waals surface area contributed by atoms with Crippen LogP contribution in [0.15, 0.2) is 27.1 Å². The molecule has 1 aromatic heterocycles. The van der Waals surface area contributed by atoms with E-state index in [2.05, 4.69) is 26.1 Å². The molecular formula is C12H10BrFN2O3. The number of nitrogens with zero attached hydrogens (tertiary/aromatic N) is 2. The quantitative estimate of drug-likeness (QED) is 0.912. The van der Waals surface area contributed by atoms with Crippen LogP contribution in [-0.2, 0) is 11.2 Å². The molecule has 0 aliphatic heterocycles. The zero-order valence-corrected chi connectivity index (χ0v) is 11.4. The van der Waals surface area contributed by atoms with Gasteiger partial charge in [0.1, 0.15) is 5.82 Å². The smallest absolute Gasteiger partial charge is 0.303 e. The zero-order chi connectivity index (χ0) is 13.8. The molecule has 100 valence electrons. The molecule has 1 aromatic carbocycles. The topological polar surface area (TPSA) is 76.2 Å². The van der Waals surface area contributed by atoms with Gasteiger partial charge in [-0.1, -0.05) is 0 Å². The average molecular weight is 329 g/mol. The molecule has 2 aromatic rings. The van der Waals surface area contributed by atoms with Crippen molar-refractivity contribution >= 4 is 21.9 Å². The van der Waals surface area contributed by atoms with Gasteiger partial charge in [-0.3, -0.25) is 4.79 Å². The van der Waals surface area contributed by atoms with E-state index in [4.69, 9.17) is 9.52 Å². The summed E-state index contributed by atoms with van der Waals surface area (Å²) in [6, 6.07) is 4.50. The number of aryl methyl sites for hydroxylation is 1. The Balaban J connectivity index is 2.07. The van der Waals surface area contributed by atoms with E-state index in [-0.39, 0.29) is 12.3 Å². The maximum atomic E-state index is 13.4. The minimum absolute atomic E-state index is 0.0463. The summed E-state index contributed by atoms with van der Waals surface area (Å²) in [7, 11) is 0. The van der Waals surface area contributed by atoms with Gasteiger partial charge < -0.3 is 9.52 Å². The zero-order valence-electron chi connectivity index (χ0n) is 9.77. The molecule has 0 fully saturated rings. The number of rotatable bonds is 5. The molecule has 2 rings (SSSR count). The van der Waals surface area contributed by atoms with Crippen molar-refractivity contribution in [2.75, 3.05) is 0 Å². The molecule has 0 aliphatic carbocycles. The van der Waals surface area contributed by atoms with Crippen LogP contribution < -0.4 is 0 Å². The second-order valence-electron chi connectivity index (χ2n) is 3.88. The fraction of sp³-hybridized carbons (Fsp3) is 0.250. The van der Waals surface area contributed by atoms with Crippen LogP contribution in [-0.4, -0.2) is 21.3 Å². The van der Waals surface area contributed by atoms with Gasteiger partial charge in [0.2, 0.25) is 11.8 Å². The minimum Gasteiger partial charge on any atom is -0.481 e. The predicted molar refractivity (Wildman–Crippen MR) is 68.0 cm³/mol. The van der Waals surface area contributed by atoms with Gasteiger partial charge in [-0.05, 0) is 40.5 Å². The van der Waals surface area contributed by atoms with Gasteiger partial charge in [-0.25, -0.2) is 4.39 Å². The van der Waals surface area contributed by atoms with Crippen molar-refractivity contribution in [3.8, 4) is 11.5 Å². The highest BCUT2D eigenvalue weighted by Crippen LogP contribution is 2.23. The van der Waals surface area contributed by atoms with Gasteiger partial charge in [0.05, 0.1) is 4.47 Å². The van der Waals surface area contributed by atoms with Crippen molar-refractivity contribution < 1.29 is 18.7 Å². The third-order valence-electron chi connectivity index (χ3n) is 2.41. The van der Waals surface area contributed by atoms with E-state index < -0.39 is 11.8 Å². The van der Waals surface area contributed by atoms with Crippen molar-refractivity contribution in [3.05, 3.63) is 34.4 Å². The van der Waals surface area contributed by atoms with Gasteiger partial charge in [0.25, 0.3) is 0 Å². The highest BCUT2D eigenvalue weighted by atomic mass is 79.9. The molecule has 0 amide bonds. The number of carboxylic acid groups (broad SMARTS) is 1. The van der Waals surface area contributed by atoms with Gasteiger partial charge in [-0.15, -0.1) is 10.2 Å². The van der Waals surface area contributed by atoms with E-state index in [1.54, 1.807) is 12.1 Å². The number of benzene rings is 1. The summed E-state index contributed by atoms with van der Waals surface area (Å²) in [6.07, 6.45) is 0.856. The van der Waals surface area contributed by atoms with Gasteiger partial charge in [0.15, 0.2) is 0 Å². The Morgan fingerprint density at radius 2 is 2.21 bits per heavy atom. The summed E-state index contributed by atoms with van der Waals surface area (Å²) in [6.45, 7) is 0. The molecule has 1 N–H and O–H groups in total. The minimum atomic E-state index is -0.866. The molecule has 0 saturated carbocycles. The fourth-order valence-corrected chi connectivity index (χ4v) is 1.74. The molecule has 0 atom stereocenters. The molecule has 19 heavy (non-hydrogen) atoms. The third-order valence-corrected chi connectivity index (χ3v) is 3.06. The van der Waals surface area contributed by atoms with E-state index in [0.717, 1.165) is 0 Å². The lowest BCUT2D eigenvalue weighted by molar-refractivity contribution is -0.137. The summed E-state index contributed by atoms with van der Waals surface area (Å²) in [5.74, 6) is -0.714. The number of halogens is 2. The van der Waals surface area contributed by atoms with Gasteiger partial charge >= 0.3 is 5.97 Å². The van der Waals surface area contributed by atoms with Gasteiger partial charge in [0, 0.05) is 18.4 Å². The van der Waals surface area contributed by atoms with Gasteiger partial charge in [-0.2, -0.15) is 0 Å². The van der Waals surface area contributed by atoms with E-state index in [0.29, 0.717) is 28.8 Å². The Kier molecular flexibility index (Phi) is 4.26. The second kappa shape index (κ2) is 5.92. The highest BCUT2D eigenvalue weighted by molar-refractivity contribution is 9.10. The van der Waals surface area contributed by atoms with E-state index in [1.807, 2.05) is 0 Å². The number of aromatic nitrogens is 2. The molecule has 5 nitrogen and oxygen atoms in total. The summed E-state index contributed by atoms with van der Waals surface area (Å²) in [5, 5.41) is 16.1. The number of hydrogen-bond acceptors (Lipinski definition) is 4. The second-order valence-corrected chi connectivity index (χ2v) is 4.73. The van der Waals surface area contributed by atoms with Crippen LogP contribution in [0, 0.1) is 5.82 Å². The number of aliphatic carboxylic acids is 1. The monoisotopic (exact) mass is 328 g/mol. The predicted octanol–water partition coefficient (Wildman–Crippen LogP) is 3.05. The van der Waals surface area contributed by atoms with Crippen molar-refractivity contribution in [1.82, 2.24) is 10.2 Å². The van der Waals surface area contributed by atoms with E-state index >= 15 is 0 Å². The summed E-state index contributed by atoms with van der Waals surface area (Å²) in [5.41, 5.74) is 0.484. The molecule has 0 saturated heterocycles. The van der Waals surface area contributed by atoms with Crippen LogP contribution in [0.2, 0.25) is 0 Å². The highest BCUT2D eigenvalue weighted by Gasteiger charge is 2.11. The first kappa shape index (κ1) is 13.7. The third kappa shape index (κ3) is 3.60. The number of carboxylic acids is 1. The van der Waals surface area contributed by atoms with Crippen LogP contribution in [0.4, 0.5) is 4.39 Å². The van der Waals surface area contributed by atoms with E-state index in [1.165, 1.54) is 6.07 Å². The standard InChI is InChI=1S/C12H10BrFN2O3/c13-8-5-4-7(6-9(8)14)12-16-15-10(19-12)2-1-3-11(17)18/h4-6H,1-3H2,(H,17,18). The molecule has 0 unspecified atom stereocenters. The molecule has 0 radical (unpaired) electrons. The maximum Gasteiger partial charge on any atom is 0.303 e. The Labute approximate surface area is 116 Å². The molecule has 0 spiro atoms. The Hall–Kier alpha value is -1.76. The lowest BCUT2D eigenvalue weighted by Crippen LogP contribution is -1.95. The number of carbonyl (C=O) groups is 1. The molecule has 1 heterocycles. The largest absolute Gasteiger partial charge is 0.481 e. The van der Waals surface area contributed by atoms with Crippen molar-refractivity contribution in [3.63, 3.8) is 0 Å². The SMILES string of the molecule is O=C(O)CCCc1nnc(-c2ccc(Br)c(F)c2)o1. The van der Waals surface area contributed by atoms with Crippen LogP contribution in [0.3, 0.4) is 0 Å².